The van der Waals surface area contributed by atoms with Gasteiger partial charge in [0.2, 0.25) is 0 Å². The first-order valence-corrected chi connectivity index (χ1v) is 6.67. The molecule has 1 fully saturated rings. The number of carbonyl (C=O) groups is 1. The summed E-state index contributed by atoms with van der Waals surface area (Å²) in [7, 11) is 0. The number of hydrogen-bond acceptors (Lipinski definition) is 4. The van der Waals surface area contributed by atoms with Crippen molar-refractivity contribution in [2.45, 2.75) is 19.3 Å². The second-order valence-corrected chi connectivity index (χ2v) is 4.87. The Hall–Kier alpha value is -2.24. The van der Waals surface area contributed by atoms with Crippen LogP contribution in [0.15, 0.2) is 29.4 Å². The summed E-state index contributed by atoms with van der Waals surface area (Å²) in [5.41, 5.74) is 6.00. The van der Waals surface area contributed by atoms with Crippen LogP contribution in [0.4, 0.5) is 0 Å². The average Bonchev–Trinajstić information content (AvgIpc) is 2.43. The molecule has 6 nitrogen and oxygen atoms in total. The van der Waals surface area contributed by atoms with Crippen LogP contribution in [0.25, 0.3) is 0 Å². The molecule has 1 amide bonds. The van der Waals surface area contributed by atoms with Gasteiger partial charge in [0.25, 0.3) is 5.91 Å². The topological polar surface area (TPSA) is 96.9 Å². The Kier molecular flexibility index (Phi) is 4.81. The Labute approximate surface area is 117 Å². The maximum Gasteiger partial charge on any atom is 0.257 e. The zero-order valence-electron chi connectivity index (χ0n) is 11.2. The minimum absolute atomic E-state index is 0.0459. The molecular formula is C14H19N3O3. The highest BCUT2D eigenvalue weighted by atomic mass is 16.5. The fourth-order valence-electron chi connectivity index (χ4n) is 2.01. The van der Waals surface area contributed by atoms with E-state index in [9.17, 15) is 4.79 Å². The molecule has 0 atom stereocenters. The second-order valence-electron chi connectivity index (χ2n) is 4.87. The predicted octanol–water partition coefficient (Wildman–Crippen LogP) is 1.08. The van der Waals surface area contributed by atoms with Gasteiger partial charge >= 0.3 is 0 Å². The number of para-hydroxylation sites is 1. The minimum Gasteiger partial charge on any atom is -0.483 e. The number of amidine groups is 1. The molecule has 2 rings (SSSR count). The standard InChI is InChI=1S/C14H19N3O3/c15-14(17-19)11-6-1-2-7-12(11)20-9-13(18)16-8-10-4-3-5-10/h1-2,6-7,10,19H,3-5,8-9H2,(H2,15,17)(H,16,18). The first kappa shape index (κ1) is 14.2. The van der Waals surface area contributed by atoms with E-state index in [1.54, 1.807) is 24.3 Å². The predicted molar refractivity (Wildman–Crippen MR) is 74.8 cm³/mol. The number of oxime groups is 1. The number of benzene rings is 1. The lowest BCUT2D eigenvalue weighted by Crippen LogP contribution is -2.35. The average molecular weight is 277 g/mol. The molecule has 0 aromatic heterocycles. The second kappa shape index (κ2) is 6.79. The SMILES string of the molecule is N/C(=N\O)c1ccccc1OCC(=O)NCC1CCC1. The van der Waals surface area contributed by atoms with Crippen molar-refractivity contribution in [2.24, 2.45) is 16.8 Å². The first-order chi connectivity index (χ1) is 9.70. The van der Waals surface area contributed by atoms with Crippen molar-refractivity contribution in [1.82, 2.24) is 5.32 Å². The summed E-state index contributed by atoms with van der Waals surface area (Å²) in [6.45, 7) is 0.631. The summed E-state index contributed by atoms with van der Waals surface area (Å²) in [5, 5.41) is 14.5. The number of ether oxygens (including phenoxy) is 1. The molecule has 4 N–H and O–H groups in total. The molecule has 0 heterocycles. The van der Waals surface area contributed by atoms with Crippen LogP contribution < -0.4 is 15.8 Å². The lowest BCUT2D eigenvalue weighted by molar-refractivity contribution is -0.123. The highest BCUT2D eigenvalue weighted by Gasteiger charge is 2.18. The Morgan fingerprint density at radius 3 is 2.85 bits per heavy atom. The Balaban J connectivity index is 1.85. The Morgan fingerprint density at radius 2 is 2.20 bits per heavy atom. The van der Waals surface area contributed by atoms with E-state index < -0.39 is 0 Å². The third-order valence-electron chi connectivity index (χ3n) is 3.44. The van der Waals surface area contributed by atoms with Crippen LogP contribution in [0.1, 0.15) is 24.8 Å². The van der Waals surface area contributed by atoms with Crippen molar-refractivity contribution in [3.63, 3.8) is 0 Å². The molecule has 0 saturated heterocycles. The molecular weight excluding hydrogens is 258 g/mol. The number of carbonyl (C=O) groups excluding carboxylic acids is 1. The molecule has 0 unspecified atom stereocenters. The minimum atomic E-state index is -0.161. The molecule has 108 valence electrons. The molecule has 0 aliphatic heterocycles. The Morgan fingerprint density at radius 1 is 1.45 bits per heavy atom. The third kappa shape index (κ3) is 3.63. The molecule has 1 aliphatic carbocycles. The number of nitrogens with one attached hydrogen (secondary N) is 1. The van der Waals surface area contributed by atoms with Crippen LogP contribution in [0.2, 0.25) is 0 Å². The zero-order valence-corrected chi connectivity index (χ0v) is 11.2. The van der Waals surface area contributed by atoms with Gasteiger partial charge in [-0.3, -0.25) is 4.79 Å². The van der Waals surface area contributed by atoms with Crippen LogP contribution >= 0.6 is 0 Å². The van der Waals surface area contributed by atoms with Gasteiger partial charge < -0.3 is 21.0 Å². The zero-order chi connectivity index (χ0) is 14.4. The van der Waals surface area contributed by atoms with E-state index in [2.05, 4.69) is 10.5 Å². The lowest BCUT2D eigenvalue weighted by Gasteiger charge is -2.25. The monoisotopic (exact) mass is 277 g/mol. The van der Waals surface area contributed by atoms with Crippen LogP contribution in [-0.2, 0) is 4.79 Å². The highest BCUT2D eigenvalue weighted by molar-refractivity contribution is 5.99. The number of hydrogen-bond donors (Lipinski definition) is 3. The van der Waals surface area contributed by atoms with Crippen molar-refractivity contribution in [1.29, 1.82) is 0 Å². The smallest absolute Gasteiger partial charge is 0.257 e. The summed E-state index contributed by atoms with van der Waals surface area (Å²) >= 11 is 0. The molecule has 1 aliphatic rings. The molecule has 6 heteroatoms. The van der Waals surface area contributed by atoms with E-state index in [-0.39, 0.29) is 18.3 Å². The van der Waals surface area contributed by atoms with E-state index in [4.69, 9.17) is 15.7 Å². The van der Waals surface area contributed by atoms with E-state index in [0.717, 1.165) is 0 Å². The lowest BCUT2D eigenvalue weighted by atomic mass is 9.85. The van der Waals surface area contributed by atoms with Gasteiger partial charge in [0.05, 0.1) is 5.56 Å². The third-order valence-corrected chi connectivity index (χ3v) is 3.44. The van der Waals surface area contributed by atoms with Crippen molar-refractivity contribution in [3.05, 3.63) is 29.8 Å². The highest BCUT2D eigenvalue weighted by Crippen LogP contribution is 2.25. The van der Waals surface area contributed by atoms with Gasteiger partial charge in [0, 0.05) is 6.54 Å². The summed E-state index contributed by atoms with van der Waals surface area (Å²) in [6, 6.07) is 6.84. The largest absolute Gasteiger partial charge is 0.483 e. The molecule has 1 saturated carbocycles. The van der Waals surface area contributed by atoms with E-state index >= 15 is 0 Å². The van der Waals surface area contributed by atoms with Gasteiger partial charge in [-0.2, -0.15) is 0 Å². The molecule has 0 radical (unpaired) electrons. The first-order valence-electron chi connectivity index (χ1n) is 6.67. The fraction of sp³-hybridized carbons (Fsp3) is 0.429. The van der Waals surface area contributed by atoms with Gasteiger partial charge in [-0.25, -0.2) is 0 Å². The quantitative estimate of drug-likeness (QED) is 0.314. The molecule has 0 bridgehead atoms. The van der Waals surface area contributed by atoms with Crippen molar-refractivity contribution >= 4 is 11.7 Å². The summed E-state index contributed by atoms with van der Waals surface area (Å²) in [6.07, 6.45) is 3.63. The van der Waals surface area contributed by atoms with Gasteiger partial charge in [-0.1, -0.05) is 23.7 Å². The van der Waals surface area contributed by atoms with Gasteiger partial charge in [-0.15, -0.1) is 0 Å². The maximum absolute atomic E-state index is 11.7. The fourth-order valence-corrected chi connectivity index (χ4v) is 2.01. The van der Waals surface area contributed by atoms with E-state index in [1.807, 2.05) is 0 Å². The van der Waals surface area contributed by atoms with Crippen LogP contribution in [0.5, 0.6) is 5.75 Å². The molecule has 1 aromatic rings. The van der Waals surface area contributed by atoms with Gasteiger partial charge in [-0.05, 0) is 30.9 Å². The number of amides is 1. The van der Waals surface area contributed by atoms with Crippen LogP contribution in [0.3, 0.4) is 0 Å². The van der Waals surface area contributed by atoms with Gasteiger partial charge in [0.15, 0.2) is 12.4 Å². The molecule has 20 heavy (non-hydrogen) atoms. The molecule has 1 aromatic carbocycles. The Bertz CT molecular complexity index is 498. The van der Waals surface area contributed by atoms with E-state index in [1.165, 1.54) is 19.3 Å². The van der Waals surface area contributed by atoms with Crippen molar-refractivity contribution in [2.75, 3.05) is 13.2 Å². The summed E-state index contributed by atoms with van der Waals surface area (Å²) < 4.78 is 5.42. The molecule has 0 spiro atoms. The summed E-state index contributed by atoms with van der Waals surface area (Å²) in [4.78, 5) is 11.7. The number of nitrogens with zero attached hydrogens (tertiary/aromatic N) is 1. The van der Waals surface area contributed by atoms with Gasteiger partial charge in [0.1, 0.15) is 5.75 Å². The van der Waals surface area contributed by atoms with Crippen LogP contribution in [-0.4, -0.2) is 30.1 Å². The van der Waals surface area contributed by atoms with Crippen molar-refractivity contribution in [3.8, 4) is 5.75 Å². The maximum atomic E-state index is 11.7. The normalized spacial score (nSPS) is 15.5. The number of rotatable bonds is 6. The van der Waals surface area contributed by atoms with Crippen molar-refractivity contribution < 1.29 is 14.7 Å². The van der Waals surface area contributed by atoms with E-state index in [0.29, 0.717) is 23.8 Å². The number of nitrogens with two attached hydrogens (primary N) is 1. The van der Waals surface area contributed by atoms with Crippen LogP contribution in [0, 0.1) is 5.92 Å². The summed E-state index contributed by atoms with van der Waals surface area (Å²) in [5.74, 6) is 0.826.